The van der Waals surface area contributed by atoms with Gasteiger partial charge in [0.05, 0.1) is 11.0 Å². The van der Waals surface area contributed by atoms with Gasteiger partial charge < -0.3 is 19.3 Å². The van der Waals surface area contributed by atoms with Crippen molar-refractivity contribution >= 4 is 119 Å². The number of nitrogens with zero attached hydrogens (tertiary/aromatic N) is 4. The van der Waals surface area contributed by atoms with E-state index in [4.69, 9.17) is 0 Å². The first-order chi connectivity index (χ1) is 33.0. The van der Waals surface area contributed by atoms with Gasteiger partial charge in [0.1, 0.15) is 0 Å². The SMILES string of the molecule is CC(C)(C)c1ccc2c(c1)c1cc(C(C)(C)C)ccc1n2-c1ccc2c(c1)N1c3ccccc3B3c4ccccc4N(c4ccccc4)c4cc5c(c1c43)B2c1ccccc1N5c1ccccc1. The van der Waals surface area contributed by atoms with Crippen molar-refractivity contribution < 1.29 is 0 Å². The minimum absolute atomic E-state index is 0.00291. The molecular weight excluding hydrogens is 822 g/mol. The number of para-hydroxylation sites is 5. The van der Waals surface area contributed by atoms with E-state index in [1.54, 1.807) is 0 Å². The minimum Gasteiger partial charge on any atom is -0.312 e. The smallest absolute Gasteiger partial charge is 0.252 e. The molecule has 0 bridgehead atoms. The second kappa shape index (κ2) is 13.9. The van der Waals surface area contributed by atoms with Crippen LogP contribution < -0.4 is 47.5 Å². The van der Waals surface area contributed by atoms with Crippen LogP contribution in [0.1, 0.15) is 52.7 Å². The average Bonchev–Trinajstić information content (AvgIpc) is 3.69. The molecule has 0 N–H and O–H groups in total. The fraction of sp³-hybridized carbons (Fsp3) is 0.129. The van der Waals surface area contributed by atoms with E-state index >= 15 is 0 Å². The lowest BCUT2D eigenvalue weighted by atomic mass is 9.29. The van der Waals surface area contributed by atoms with E-state index < -0.39 is 0 Å². The highest BCUT2D eigenvalue weighted by molar-refractivity contribution is 7.04. The van der Waals surface area contributed by atoms with Crippen molar-refractivity contribution in [3.63, 3.8) is 0 Å². The third-order valence-corrected chi connectivity index (χ3v) is 15.4. The Morgan fingerprint density at radius 3 is 1.19 bits per heavy atom. The predicted molar refractivity (Wildman–Crippen MR) is 292 cm³/mol. The number of hydrogen-bond donors (Lipinski definition) is 0. The summed E-state index contributed by atoms with van der Waals surface area (Å²) in [5.74, 6) is 0. The van der Waals surface area contributed by atoms with Crippen LogP contribution in [0.25, 0.3) is 27.5 Å². The first kappa shape index (κ1) is 39.5. The first-order valence-electron chi connectivity index (χ1n) is 24.3. The number of anilines is 9. The lowest BCUT2D eigenvalue weighted by molar-refractivity contribution is 0.590. The Kier molecular flexibility index (Phi) is 8.09. The molecule has 9 aromatic carbocycles. The van der Waals surface area contributed by atoms with Gasteiger partial charge in [-0.2, -0.15) is 0 Å². The average molecular weight is 873 g/mol. The maximum atomic E-state index is 2.66. The molecule has 0 spiro atoms. The van der Waals surface area contributed by atoms with Gasteiger partial charge in [-0.05, 0) is 140 Å². The Labute approximate surface area is 399 Å². The highest BCUT2D eigenvalue weighted by atomic mass is 15.2. The van der Waals surface area contributed by atoms with E-state index in [9.17, 15) is 0 Å². The Balaban J connectivity index is 1.11. The van der Waals surface area contributed by atoms with E-state index in [-0.39, 0.29) is 24.3 Å². The van der Waals surface area contributed by atoms with Gasteiger partial charge in [-0.15, -0.1) is 0 Å². The van der Waals surface area contributed by atoms with Gasteiger partial charge in [-0.3, -0.25) is 0 Å². The summed E-state index contributed by atoms with van der Waals surface area (Å²) in [6.45, 7) is 14.0. The van der Waals surface area contributed by atoms with Crippen molar-refractivity contribution in [1.82, 2.24) is 4.57 Å². The van der Waals surface area contributed by atoms with E-state index in [2.05, 4.69) is 255 Å². The molecule has 0 fully saturated rings. The van der Waals surface area contributed by atoms with E-state index in [1.807, 2.05) is 0 Å². The van der Waals surface area contributed by atoms with E-state index in [1.165, 1.54) is 106 Å². The van der Waals surface area contributed by atoms with Crippen LogP contribution in [0.5, 0.6) is 0 Å². The fourth-order valence-corrected chi connectivity index (χ4v) is 12.3. The number of benzene rings is 9. The summed E-state index contributed by atoms with van der Waals surface area (Å²) < 4.78 is 2.53. The monoisotopic (exact) mass is 872 g/mol. The van der Waals surface area contributed by atoms with Gasteiger partial charge in [-0.1, -0.05) is 151 Å². The van der Waals surface area contributed by atoms with Crippen LogP contribution >= 0.6 is 0 Å². The Hall–Kier alpha value is -7.69. The number of aromatic nitrogens is 1. The van der Waals surface area contributed by atoms with Gasteiger partial charge >= 0.3 is 0 Å². The normalized spacial score (nSPS) is 14.2. The summed E-state index contributed by atoms with van der Waals surface area (Å²) in [6, 6.07) is 73.7. The Bertz CT molecular complexity index is 3610. The van der Waals surface area contributed by atoms with Crippen LogP contribution in [0, 0.1) is 0 Å². The van der Waals surface area contributed by atoms with Crippen molar-refractivity contribution in [3.05, 3.63) is 205 Å². The second-order valence-electron chi connectivity index (χ2n) is 21.4. The van der Waals surface area contributed by atoms with Crippen molar-refractivity contribution in [2.24, 2.45) is 0 Å². The number of fused-ring (bicyclic) bond motifs is 13. The molecule has 14 rings (SSSR count). The van der Waals surface area contributed by atoms with Crippen LogP contribution in [-0.4, -0.2) is 18.0 Å². The Morgan fingerprint density at radius 1 is 0.324 bits per heavy atom. The summed E-state index contributed by atoms with van der Waals surface area (Å²) in [4.78, 5) is 7.73. The van der Waals surface area contributed by atoms with Crippen LogP contribution in [-0.2, 0) is 10.8 Å². The molecule has 0 atom stereocenters. The zero-order valence-electron chi connectivity index (χ0n) is 39.4. The molecule has 1 aromatic heterocycles. The molecule has 0 aliphatic carbocycles. The maximum absolute atomic E-state index is 2.66. The van der Waals surface area contributed by atoms with Crippen LogP contribution in [0.15, 0.2) is 194 Å². The summed E-state index contributed by atoms with van der Waals surface area (Å²) >= 11 is 0. The van der Waals surface area contributed by atoms with Crippen molar-refractivity contribution in [2.75, 3.05) is 14.7 Å². The molecule has 68 heavy (non-hydrogen) atoms. The lowest BCUT2D eigenvalue weighted by Gasteiger charge is -2.51. The molecule has 0 saturated carbocycles. The quantitative estimate of drug-likeness (QED) is 0.164. The van der Waals surface area contributed by atoms with E-state index in [0.717, 1.165) is 17.1 Å². The molecule has 10 aromatic rings. The van der Waals surface area contributed by atoms with Gasteiger partial charge in [0.25, 0.3) is 13.4 Å². The molecule has 0 amide bonds. The molecular formula is C62H50B2N4. The van der Waals surface area contributed by atoms with Gasteiger partial charge in [0.15, 0.2) is 0 Å². The molecule has 0 radical (unpaired) electrons. The molecule has 6 heteroatoms. The van der Waals surface area contributed by atoms with Crippen LogP contribution in [0.3, 0.4) is 0 Å². The summed E-state index contributed by atoms with van der Waals surface area (Å²) in [6.07, 6.45) is 0. The standard InChI is InChI=1S/C62H50B2N4/c1-61(2,3)39-29-33-50-44(35-39)45-36-40(62(4,5)6)30-34-51(45)67(50)43-31-32-49-55(37-43)68-54-28-18-15-25-48(54)63-46-23-13-16-26-52(46)65(41-19-9-7-10-20-41)56-38-57-59(60(68)58(56)63)64(49)47-24-14-17-27-53(47)66(57)42-21-11-8-12-22-42/h7-38H,1-6H3. The highest BCUT2D eigenvalue weighted by Crippen LogP contribution is 2.50. The molecule has 4 nitrogen and oxygen atoms in total. The predicted octanol–water partition coefficient (Wildman–Crippen LogP) is 12.1. The van der Waals surface area contributed by atoms with E-state index in [0.29, 0.717) is 0 Å². The Morgan fingerprint density at radius 2 is 0.735 bits per heavy atom. The number of hydrogen-bond acceptors (Lipinski definition) is 3. The number of rotatable bonds is 3. The topological polar surface area (TPSA) is 14.7 Å². The zero-order chi connectivity index (χ0) is 45.8. The molecule has 324 valence electrons. The zero-order valence-corrected chi connectivity index (χ0v) is 39.4. The highest BCUT2D eigenvalue weighted by Gasteiger charge is 2.51. The van der Waals surface area contributed by atoms with Crippen molar-refractivity contribution in [2.45, 2.75) is 52.4 Å². The first-order valence-corrected chi connectivity index (χ1v) is 24.3. The molecule has 0 saturated heterocycles. The van der Waals surface area contributed by atoms with Gasteiger partial charge in [0, 0.05) is 67.6 Å². The summed E-state index contributed by atoms with van der Waals surface area (Å²) in [5, 5.41) is 2.60. The van der Waals surface area contributed by atoms with Crippen LogP contribution in [0.4, 0.5) is 51.2 Å². The summed E-state index contributed by atoms with van der Waals surface area (Å²) in [7, 11) is 0. The lowest BCUT2D eigenvalue weighted by Crippen LogP contribution is -2.68. The van der Waals surface area contributed by atoms with Gasteiger partial charge in [0.2, 0.25) is 0 Å². The van der Waals surface area contributed by atoms with Gasteiger partial charge in [-0.25, -0.2) is 0 Å². The third-order valence-electron chi connectivity index (χ3n) is 15.4. The van der Waals surface area contributed by atoms with Crippen molar-refractivity contribution in [3.8, 4) is 5.69 Å². The van der Waals surface area contributed by atoms with Crippen molar-refractivity contribution in [1.29, 1.82) is 0 Å². The third kappa shape index (κ3) is 5.40. The second-order valence-corrected chi connectivity index (χ2v) is 21.4. The molecule has 0 unspecified atom stereocenters. The fourth-order valence-electron chi connectivity index (χ4n) is 12.3. The minimum atomic E-state index is -0.00291. The maximum Gasteiger partial charge on any atom is 0.252 e. The molecule has 4 aliphatic rings. The molecule has 5 heterocycles. The van der Waals surface area contributed by atoms with Crippen LogP contribution in [0.2, 0.25) is 0 Å². The molecule has 4 aliphatic heterocycles. The largest absolute Gasteiger partial charge is 0.312 e. The summed E-state index contributed by atoms with van der Waals surface area (Å²) in [5.41, 5.74) is 25.3.